The average Bonchev–Trinajstić information content (AvgIpc) is 2.88. The van der Waals surface area contributed by atoms with Crippen molar-refractivity contribution in [3.8, 4) is 0 Å². The fraction of sp³-hybridized carbons (Fsp3) is 0.286. The summed E-state index contributed by atoms with van der Waals surface area (Å²) < 4.78 is 23.5. The fourth-order valence-electron chi connectivity index (χ4n) is 2.09. The molecule has 1 heterocycles. The largest absolute Gasteiger partial charge is 0.396 e. The van der Waals surface area contributed by atoms with Crippen molar-refractivity contribution in [2.45, 2.75) is 18.4 Å². The third-order valence-electron chi connectivity index (χ3n) is 3.09. The molecule has 0 fully saturated rings. The molecule has 0 spiro atoms. The van der Waals surface area contributed by atoms with Gasteiger partial charge in [0.1, 0.15) is 0 Å². The average molecular weight is 310 g/mol. The zero-order valence-corrected chi connectivity index (χ0v) is 13.2. The van der Waals surface area contributed by atoms with Gasteiger partial charge in [0.15, 0.2) is 9.84 Å². The Bertz CT molecular complexity index is 679. The number of benzene rings is 1. The number of rotatable bonds is 5. The third-order valence-corrected chi connectivity index (χ3v) is 5.11. The number of nitrogen functional groups attached to an aromatic ring is 1. The molecule has 0 aliphatic rings. The first-order valence-corrected chi connectivity index (χ1v) is 9.06. The molecule has 0 atom stereocenters. The first-order chi connectivity index (χ1) is 9.43. The highest BCUT2D eigenvalue weighted by Gasteiger charge is 2.17. The lowest BCUT2D eigenvalue weighted by atomic mass is 10.2. The smallest absolute Gasteiger partial charge is 0.177 e. The van der Waals surface area contributed by atoms with Crippen molar-refractivity contribution in [2.24, 2.45) is 0 Å². The molecule has 0 bridgehead atoms. The molecule has 2 N–H and O–H groups in total. The van der Waals surface area contributed by atoms with Gasteiger partial charge in [-0.25, -0.2) is 8.42 Å². The molecule has 0 saturated heterocycles. The molecule has 1 aromatic heterocycles. The minimum absolute atomic E-state index is 0.194. The van der Waals surface area contributed by atoms with Gasteiger partial charge in [0.2, 0.25) is 0 Å². The summed E-state index contributed by atoms with van der Waals surface area (Å²) >= 11 is 1.68. The van der Waals surface area contributed by atoms with Crippen LogP contribution in [0.25, 0.3) is 0 Å². The molecule has 2 rings (SSSR count). The highest BCUT2D eigenvalue weighted by Crippen LogP contribution is 2.31. The van der Waals surface area contributed by atoms with Crippen LogP contribution in [-0.4, -0.2) is 21.2 Å². The normalized spacial score (nSPS) is 11.5. The second kappa shape index (κ2) is 5.85. The molecule has 0 radical (unpaired) electrons. The zero-order chi connectivity index (χ0) is 14.8. The Morgan fingerprint density at radius 1 is 1.25 bits per heavy atom. The monoisotopic (exact) mass is 310 g/mol. The molecule has 0 aliphatic heterocycles. The van der Waals surface area contributed by atoms with Crippen molar-refractivity contribution in [1.82, 2.24) is 0 Å². The maximum Gasteiger partial charge on any atom is 0.177 e. The van der Waals surface area contributed by atoms with Crippen molar-refractivity contribution < 1.29 is 8.42 Å². The molecular weight excluding hydrogens is 292 g/mol. The van der Waals surface area contributed by atoms with Crippen molar-refractivity contribution in [3.63, 3.8) is 0 Å². The van der Waals surface area contributed by atoms with Crippen LogP contribution in [0, 0.1) is 0 Å². The second-order valence-corrected chi connectivity index (χ2v) is 7.57. The fourth-order valence-corrected chi connectivity index (χ4v) is 3.64. The highest BCUT2D eigenvalue weighted by atomic mass is 32.2. The van der Waals surface area contributed by atoms with Gasteiger partial charge in [-0.3, -0.25) is 0 Å². The van der Waals surface area contributed by atoms with Crippen LogP contribution in [0.3, 0.4) is 0 Å². The van der Waals surface area contributed by atoms with Gasteiger partial charge in [0, 0.05) is 17.7 Å². The van der Waals surface area contributed by atoms with Crippen molar-refractivity contribution in [1.29, 1.82) is 0 Å². The van der Waals surface area contributed by atoms with Gasteiger partial charge in [-0.2, -0.15) is 0 Å². The van der Waals surface area contributed by atoms with Crippen LogP contribution < -0.4 is 10.6 Å². The Labute approximate surface area is 123 Å². The van der Waals surface area contributed by atoms with Gasteiger partial charge < -0.3 is 10.6 Å². The quantitative estimate of drug-likeness (QED) is 0.863. The molecule has 0 unspecified atom stereocenters. The summed E-state index contributed by atoms with van der Waals surface area (Å²) in [6.45, 7) is 3.51. The predicted molar refractivity (Wildman–Crippen MR) is 85.0 cm³/mol. The van der Waals surface area contributed by atoms with E-state index in [1.807, 2.05) is 24.4 Å². The SMILES string of the molecule is CCN(Cc1cccs1)c1cccc(S(C)(=O)=O)c1N. The van der Waals surface area contributed by atoms with E-state index in [9.17, 15) is 8.42 Å². The van der Waals surface area contributed by atoms with E-state index >= 15 is 0 Å². The molecule has 6 heteroatoms. The van der Waals surface area contributed by atoms with Crippen LogP contribution in [0.5, 0.6) is 0 Å². The minimum Gasteiger partial charge on any atom is -0.396 e. The van der Waals surface area contributed by atoms with Crippen molar-refractivity contribution in [3.05, 3.63) is 40.6 Å². The molecule has 4 nitrogen and oxygen atoms in total. The number of hydrogen-bond acceptors (Lipinski definition) is 5. The van der Waals surface area contributed by atoms with Gasteiger partial charge in [-0.05, 0) is 30.5 Å². The van der Waals surface area contributed by atoms with Gasteiger partial charge in [0.25, 0.3) is 0 Å². The standard InChI is InChI=1S/C14H18N2O2S2/c1-3-16(10-11-6-5-9-19-11)12-7-4-8-13(14(12)15)20(2,17)18/h4-9H,3,10,15H2,1-2H3. The first-order valence-electron chi connectivity index (χ1n) is 6.29. The highest BCUT2D eigenvalue weighted by molar-refractivity contribution is 7.90. The molecule has 0 amide bonds. The Hall–Kier alpha value is -1.53. The molecule has 0 aliphatic carbocycles. The maximum atomic E-state index is 11.7. The number of nitrogens with two attached hydrogens (primary N) is 1. The number of thiophene rings is 1. The van der Waals surface area contributed by atoms with E-state index in [-0.39, 0.29) is 4.90 Å². The van der Waals surface area contributed by atoms with Crippen LogP contribution in [0.15, 0.2) is 40.6 Å². The van der Waals surface area contributed by atoms with Crippen LogP contribution >= 0.6 is 11.3 Å². The summed E-state index contributed by atoms with van der Waals surface area (Å²) in [6.07, 6.45) is 1.18. The Morgan fingerprint density at radius 3 is 2.55 bits per heavy atom. The number of para-hydroxylation sites is 1. The molecule has 0 saturated carbocycles. The maximum absolute atomic E-state index is 11.7. The molecule has 2 aromatic rings. The second-order valence-electron chi connectivity index (χ2n) is 4.55. The van der Waals surface area contributed by atoms with E-state index in [2.05, 4.69) is 11.0 Å². The van der Waals surface area contributed by atoms with Gasteiger partial charge in [-0.15, -0.1) is 11.3 Å². The summed E-state index contributed by atoms with van der Waals surface area (Å²) in [4.78, 5) is 3.49. The topological polar surface area (TPSA) is 63.4 Å². The lowest BCUT2D eigenvalue weighted by Crippen LogP contribution is -2.23. The summed E-state index contributed by atoms with van der Waals surface area (Å²) in [5.74, 6) is 0. The van der Waals surface area contributed by atoms with E-state index in [4.69, 9.17) is 5.73 Å². The number of hydrogen-bond donors (Lipinski definition) is 1. The third kappa shape index (κ3) is 3.13. The Kier molecular flexibility index (Phi) is 4.35. The van der Waals surface area contributed by atoms with Gasteiger partial charge in [-0.1, -0.05) is 12.1 Å². The van der Waals surface area contributed by atoms with Crippen LogP contribution in [0.2, 0.25) is 0 Å². The number of anilines is 2. The van der Waals surface area contributed by atoms with Crippen molar-refractivity contribution >= 4 is 32.5 Å². The van der Waals surface area contributed by atoms with E-state index < -0.39 is 9.84 Å². The Morgan fingerprint density at radius 2 is 2.00 bits per heavy atom. The Balaban J connectivity index is 2.40. The summed E-state index contributed by atoms with van der Waals surface area (Å²) in [5, 5.41) is 2.03. The summed E-state index contributed by atoms with van der Waals surface area (Å²) in [5.41, 5.74) is 7.15. The predicted octanol–water partition coefficient (Wildman–Crippen LogP) is 2.76. The van der Waals surface area contributed by atoms with Crippen LogP contribution in [0.1, 0.15) is 11.8 Å². The van der Waals surface area contributed by atoms with Gasteiger partial charge in [0.05, 0.1) is 22.8 Å². The molecular formula is C14H18N2O2S2. The van der Waals surface area contributed by atoms with E-state index in [0.29, 0.717) is 5.69 Å². The number of nitrogens with zero attached hydrogens (tertiary/aromatic N) is 1. The first kappa shape index (κ1) is 14.9. The van der Waals surface area contributed by atoms with Gasteiger partial charge >= 0.3 is 0 Å². The van der Waals surface area contributed by atoms with E-state index in [1.165, 1.54) is 11.1 Å². The summed E-state index contributed by atoms with van der Waals surface area (Å²) in [7, 11) is -3.31. The van der Waals surface area contributed by atoms with Crippen LogP contribution in [-0.2, 0) is 16.4 Å². The van der Waals surface area contributed by atoms with Crippen molar-refractivity contribution in [2.75, 3.05) is 23.4 Å². The minimum atomic E-state index is -3.31. The molecule has 108 valence electrons. The summed E-state index contributed by atoms with van der Waals surface area (Å²) in [6, 6.07) is 9.21. The van der Waals surface area contributed by atoms with E-state index in [0.717, 1.165) is 18.8 Å². The molecule has 20 heavy (non-hydrogen) atoms. The molecule has 1 aromatic carbocycles. The van der Waals surface area contributed by atoms with Crippen LogP contribution in [0.4, 0.5) is 11.4 Å². The van der Waals surface area contributed by atoms with E-state index in [1.54, 1.807) is 23.5 Å². The zero-order valence-electron chi connectivity index (χ0n) is 11.5. The lowest BCUT2D eigenvalue weighted by molar-refractivity contribution is 0.602. The lowest BCUT2D eigenvalue weighted by Gasteiger charge is -2.25. The number of sulfone groups is 1.